The number of fused-ring (bicyclic) bond motifs is 1. The van der Waals surface area contributed by atoms with Gasteiger partial charge in [0.1, 0.15) is 4.83 Å². The van der Waals surface area contributed by atoms with Gasteiger partial charge in [-0.05, 0) is 39.2 Å². The van der Waals surface area contributed by atoms with E-state index in [1.165, 1.54) is 11.3 Å². The fourth-order valence-electron chi connectivity index (χ4n) is 4.25. The van der Waals surface area contributed by atoms with E-state index in [0.29, 0.717) is 22.6 Å². The van der Waals surface area contributed by atoms with Crippen molar-refractivity contribution in [2.75, 3.05) is 6.54 Å². The van der Waals surface area contributed by atoms with E-state index in [-0.39, 0.29) is 23.9 Å². The summed E-state index contributed by atoms with van der Waals surface area (Å²) in [4.78, 5) is 48.2. The minimum absolute atomic E-state index is 0.0407. The van der Waals surface area contributed by atoms with Crippen molar-refractivity contribution in [2.45, 2.75) is 65.0 Å². The number of rotatable bonds is 4. The molecule has 0 bridgehead atoms. The Morgan fingerprint density at radius 1 is 1.29 bits per heavy atom. The first-order chi connectivity index (χ1) is 13.3. The summed E-state index contributed by atoms with van der Waals surface area (Å²) in [6.07, 6.45) is 3.86. The lowest BCUT2D eigenvalue weighted by Crippen LogP contribution is -2.35. The summed E-state index contributed by atoms with van der Waals surface area (Å²) in [5.41, 5.74) is 0.717. The average molecular weight is 404 g/mol. The van der Waals surface area contributed by atoms with Crippen LogP contribution in [0, 0.1) is 19.8 Å². The third-order valence-corrected chi connectivity index (χ3v) is 7.09. The topological polar surface area (TPSA) is 92.4 Å². The Balaban J connectivity index is 1.47. The van der Waals surface area contributed by atoms with Gasteiger partial charge in [0.15, 0.2) is 11.9 Å². The molecule has 8 heteroatoms. The molecule has 0 spiro atoms. The van der Waals surface area contributed by atoms with Crippen LogP contribution in [0.4, 0.5) is 0 Å². The third kappa shape index (κ3) is 3.34. The Hall–Kier alpha value is -2.22. The average Bonchev–Trinajstić information content (AvgIpc) is 3.35. The van der Waals surface area contributed by atoms with Gasteiger partial charge in [0.05, 0.1) is 11.3 Å². The van der Waals surface area contributed by atoms with Gasteiger partial charge in [-0.1, -0.05) is 12.8 Å². The summed E-state index contributed by atoms with van der Waals surface area (Å²) in [6.45, 7) is 5.99. The van der Waals surface area contributed by atoms with E-state index >= 15 is 0 Å². The zero-order valence-corrected chi connectivity index (χ0v) is 17.2. The maximum absolute atomic E-state index is 12.6. The number of aromatic nitrogens is 2. The van der Waals surface area contributed by atoms with Crippen molar-refractivity contribution >= 4 is 33.4 Å². The third-order valence-electron chi connectivity index (χ3n) is 5.99. The first kappa shape index (κ1) is 19.1. The van der Waals surface area contributed by atoms with E-state index in [4.69, 9.17) is 4.74 Å². The Kier molecular flexibility index (Phi) is 4.99. The number of H-pyrrole nitrogens is 1. The molecule has 1 N–H and O–H groups in total. The number of nitrogens with zero attached hydrogens (tertiary/aromatic N) is 2. The number of amides is 1. The number of hydrogen-bond donors (Lipinski definition) is 1. The standard InChI is InChI=1S/C20H25N3O4S/c1-10-12(3)28-19-16(10)18(25)21-17(22-19)11(2)27-20(26)13-8-15(24)23(9-13)14-6-4-5-7-14/h11,13-14H,4-9H2,1-3H3,(H,21,22,25)/t11-,13+/m1/s1. The molecule has 7 nitrogen and oxygen atoms in total. The highest BCUT2D eigenvalue weighted by atomic mass is 32.1. The molecule has 28 heavy (non-hydrogen) atoms. The Morgan fingerprint density at radius 3 is 2.71 bits per heavy atom. The number of esters is 1. The number of carbonyl (C=O) groups excluding carboxylic acids is 2. The fourth-order valence-corrected chi connectivity index (χ4v) is 5.29. The minimum Gasteiger partial charge on any atom is -0.454 e. The quantitative estimate of drug-likeness (QED) is 0.792. The van der Waals surface area contributed by atoms with Crippen LogP contribution >= 0.6 is 11.3 Å². The van der Waals surface area contributed by atoms with Crippen LogP contribution in [-0.4, -0.2) is 39.3 Å². The molecule has 4 rings (SSSR count). The highest BCUT2D eigenvalue weighted by Crippen LogP contribution is 2.31. The molecule has 2 atom stereocenters. The van der Waals surface area contributed by atoms with Crippen LogP contribution in [0.3, 0.4) is 0 Å². The molecular weight excluding hydrogens is 378 g/mol. The lowest BCUT2D eigenvalue weighted by Gasteiger charge is -2.24. The van der Waals surface area contributed by atoms with Crippen molar-refractivity contribution in [1.82, 2.24) is 14.9 Å². The van der Waals surface area contributed by atoms with E-state index in [2.05, 4.69) is 9.97 Å². The van der Waals surface area contributed by atoms with Gasteiger partial charge in [0.25, 0.3) is 5.56 Å². The maximum atomic E-state index is 12.6. The number of nitrogens with one attached hydrogen (secondary N) is 1. The molecule has 2 aliphatic rings. The number of ether oxygens (including phenoxy) is 1. The van der Waals surface area contributed by atoms with E-state index in [0.717, 1.165) is 36.1 Å². The predicted octanol–water partition coefficient (Wildman–Crippen LogP) is 3.00. The lowest BCUT2D eigenvalue weighted by atomic mass is 10.1. The summed E-state index contributed by atoms with van der Waals surface area (Å²) >= 11 is 1.46. The van der Waals surface area contributed by atoms with Gasteiger partial charge in [-0.25, -0.2) is 4.98 Å². The number of hydrogen-bond acceptors (Lipinski definition) is 6. The summed E-state index contributed by atoms with van der Waals surface area (Å²) in [7, 11) is 0. The number of likely N-dealkylation sites (tertiary alicyclic amines) is 1. The minimum atomic E-state index is -0.678. The van der Waals surface area contributed by atoms with Crippen LogP contribution in [0.25, 0.3) is 10.2 Å². The van der Waals surface area contributed by atoms with E-state index < -0.39 is 18.0 Å². The van der Waals surface area contributed by atoms with Gasteiger partial charge < -0.3 is 14.6 Å². The second-order valence-electron chi connectivity index (χ2n) is 7.88. The van der Waals surface area contributed by atoms with Crippen LogP contribution in [0.15, 0.2) is 4.79 Å². The highest BCUT2D eigenvalue weighted by Gasteiger charge is 2.40. The van der Waals surface area contributed by atoms with E-state index in [1.807, 2.05) is 18.7 Å². The zero-order valence-electron chi connectivity index (χ0n) is 16.4. The van der Waals surface area contributed by atoms with Crippen LogP contribution in [-0.2, 0) is 14.3 Å². The highest BCUT2D eigenvalue weighted by molar-refractivity contribution is 7.18. The summed E-state index contributed by atoms with van der Waals surface area (Å²) in [5.74, 6) is -0.470. The molecule has 0 aromatic carbocycles. The first-order valence-electron chi connectivity index (χ1n) is 9.85. The largest absolute Gasteiger partial charge is 0.454 e. The number of aromatic amines is 1. The van der Waals surface area contributed by atoms with Crippen LogP contribution in [0.1, 0.15) is 61.4 Å². The SMILES string of the molecule is Cc1sc2nc([C@@H](C)OC(=O)[C@H]3CC(=O)N(C4CCCC4)C3)[nH]c(=O)c2c1C. The predicted molar refractivity (Wildman–Crippen MR) is 106 cm³/mol. The molecule has 1 amide bonds. The number of aryl methyl sites for hydroxylation is 2. The molecule has 1 aliphatic carbocycles. The number of carbonyl (C=O) groups is 2. The van der Waals surface area contributed by atoms with Gasteiger partial charge in [0, 0.05) is 23.9 Å². The normalized spacial score (nSPS) is 21.6. The van der Waals surface area contributed by atoms with Crippen molar-refractivity contribution in [2.24, 2.45) is 5.92 Å². The molecule has 1 aliphatic heterocycles. The van der Waals surface area contributed by atoms with Gasteiger partial charge in [-0.2, -0.15) is 0 Å². The second kappa shape index (κ2) is 7.31. The van der Waals surface area contributed by atoms with Gasteiger partial charge in [0.2, 0.25) is 5.91 Å². The van der Waals surface area contributed by atoms with E-state index in [9.17, 15) is 14.4 Å². The van der Waals surface area contributed by atoms with Crippen LogP contribution in [0.2, 0.25) is 0 Å². The molecule has 2 fully saturated rings. The van der Waals surface area contributed by atoms with Crippen LogP contribution < -0.4 is 5.56 Å². The zero-order chi connectivity index (χ0) is 20.0. The molecule has 2 aromatic heterocycles. The monoisotopic (exact) mass is 403 g/mol. The van der Waals surface area contributed by atoms with Gasteiger partial charge >= 0.3 is 5.97 Å². The molecule has 0 unspecified atom stereocenters. The fraction of sp³-hybridized carbons (Fsp3) is 0.600. The van der Waals surface area contributed by atoms with Crippen molar-refractivity contribution < 1.29 is 14.3 Å². The summed E-state index contributed by atoms with van der Waals surface area (Å²) in [5, 5.41) is 0.596. The van der Waals surface area contributed by atoms with Crippen molar-refractivity contribution in [3.63, 3.8) is 0 Å². The van der Waals surface area contributed by atoms with Gasteiger partial charge in [-0.15, -0.1) is 11.3 Å². The van der Waals surface area contributed by atoms with Gasteiger partial charge in [-0.3, -0.25) is 14.4 Å². The summed E-state index contributed by atoms with van der Waals surface area (Å²) < 4.78 is 5.57. The Labute approximate surface area is 167 Å². The van der Waals surface area contributed by atoms with E-state index in [1.54, 1.807) is 6.92 Å². The van der Waals surface area contributed by atoms with Crippen molar-refractivity contribution in [1.29, 1.82) is 0 Å². The molecule has 2 aromatic rings. The van der Waals surface area contributed by atoms with Crippen molar-refractivity contribution in [3.05, 3.63) is 26.6 Å². The maximum Gasteiger partial charge on any atom is 0.311 e. The van der Waals surface area contributed by atoms with Crippen molar-refractivity contribution in [3.8, 4) is 0 Å². The summed E-state index contributed by atoms with van der Waals surface area (Å²) in [6, 6.07) is 0.272. The lowest BCUT2D eigenvalue weighted by molar-refractivity contribution is -0.153. The Bertz CT molecular complexity index is 989. The number of thiophene rings is 1. The van der Waals surface area contributed by atoms with Crippen LogP contribution in [0.5, 0.6) is 0 Å². The molecule has 0 radical (unpaired) electrons. The second-order valence-corrected chi connectivity index (χ2v) is 9.08. The molecular formula is C20H25N3O4S. The molecule has 3 heterocycles. The Morgan fingerprint density at radius 2 is 2.00 bits per heavy atom. The molecule has 1 saturated carbocycles. The molecule has 150 valence electrons. The smallest absolute Gasteiger partial charge is 0.311 e. The first-order valence-corrected chi connectivity index (χ1v) is 10.7. The molecule has 1 saturated heterocycles.